The molecule has 21 heavy (non-hydrogen) atoms. The van der Waals surface area contributed by atoms with E-state index >= 15 is 0 Å². The van der Waals surface area contributed by atoms with Crippen molar-refractivity contribution < 1.29 is 5.11 Å². The Morgan fingerprint density at radius 3 is 2.57 bits per heavy atom. The number of aliphatic hydroxyl groups excluding tert-OH is 1. The summed E-state index contributed by atoms with van der Waals surface area (Å²) in [5.41, 5.74) is 1.06. The highest BCUT2D eigenvalue weighted by molar-refractivity contribution is 5.85. The average Bonchev–Trinajstić information content (AvgIpc) is 2.55. The van der Waals surface area contributed by atoms with E-state index in [-0.39, 0.29) is 0 Å². The van der Waals surface area contributed by atoms with Crippen LogP contribution in [0.1, 0.15) is 37.9 Å². The molecule has 0 bridgehead atoms. The number of rotatable bonds is 4. The monoisotopic (exact) mass is 283 g/mol. The van der Waals surface area contributed by atoms with Crippen LogP contribution < -0.4 is 0 Å². The molecule has 112 valence electrons. The number of nitrogens with zero attached hydrogens (tertiary/aromatic N) is 1. The second kappa shape index (κ2) is 6.59. The van der Waals surface area contributed by atoms with E-state index in [9.17, 15) is 5.11 Å². The van der Waals surface area contributed by atoms with Crippen molar-refractivity contribution in [1.29, 1.82) is 0 Å². The van der Waals surface area contributed by atoms with Crippen LogP contribution >= 0.6 is 0 Å². The van der Waals surface area contributed by atoms with Gasteiger partial charge in [-0.3, -0.25) is 0 Å². The minimum Gasteiger partial charge on any atom is -0.387 e. The zero-order valence-corrected chi connectivity index (χ0v) is 12.8. The number of hydrogen-bond acceptors (Lipinski definition) is 2. The Bertz CT molecular complexity index is 582. The van der Waals surface area contributed by atoms with Crippen LogP contribution in [0.5, 0.6) is 0 Å². The predicted molar refractivity (Wildman–Crippen MR) is 88.4 cm³/mol. The third-order valence-electron chi connectivity index (χ3n) is 4.90. The molecule has 1 saturated heterocycles. The van der Waals surface area contributed by atoms with E-state index in [2.05, 4.69) is 36.1 Å². The molecule has 1 unspecified atom stereocenters. The van der Waals surface area contributed by atoms with Crippen molar-refractivity contribution in [3.05, 3.63) is 48.0 Å². The molecule has 0 spiro atoms. The number of benzene rings is 2. The van der Waals surface area contributed by atoms with Gasteiger partial charge >= 0.3 is 0 Å². The molecule has 1 N–H and O–H groups in total. The molecule has 3 rings (SSSR count). The van der Waals surface area contributed by atoms with Gasteiger partial charge in [0, 0.05) is 6.54 Å². The number of β-amino-alcohol motifs (C(OH)–C–C–N with tert-alkyl or cyclic N) is 1. The summed E-state index contributed by atoms with van der Waals surface area (Å²) >= 11 is 0. The molecule has 2 aromatic carbocycles. The van der Waals surface area contributed by atoms with Gasteiger partial charge in [0.2, 0.25) is 0 Å². The van der Waals surface area contributed by atoms with Crippen molar-refractivity contribution in [1.82, 2.24) is 4.90 Å². The number of piperidine rings is 1. The zero-order chi connectivity index (χ0) is 14.7. The summed E-state index contributed by atoms with van der Waals surface area (Å²) in [7, 11) is 0. The maximum absolute atomic E-state index is 10.7. The average molecular weight is 283 g/mol. The van der Waals surface area contributed by atoms with E-state index in [0.29, 0.717) is 0 Å². The third kappa shape index (κ3) is 3.28. The van der Waals surface area contributed by atoms with Gasteiger partial charge < -0.3 is 10.0 Å². The van der Waals surface area contributed by atoms with E-state index in [4.69, 9.17) is 0 Å². The van der Waals surface area contributed by atoms with Crippen LogP contribution in [0.2, 0.25) is 0 Å². The number of fused-ring (bicyclic) bond motifs is 1. The first kappa shape index (κ1) is 14.6. The third-order valence-corrected chi connectivity index (χ3v) is 4.90. The van der Waals surface area contributed by atoms with Crippen molar-refractivity contribution in [3.63, 3.8) is 0 Å². The molecule has 1 aliphatic rings. The van der Waals surface area contributed by atoms with Crippen LogP contribution in [0.4, 0.5) is 0 Å². The summed E-state index contributed by atoms with van der Waals surface area (Å²) in [6, 6.07) is 14.5. The van der Waals surface area contributed by atoms with Gasteiger partial charge in [0.1, 0.15) is 0 Å². The van der Waals surface area contributed by atoms with Crippen molar-refractivity contribution >= 4 is 10.8 Å². The zero-order valence-electron chi connectivity index (χ0n) is 12.8. The lowest BCUT2D eigenvalue weighted by Crippen LogP contribution is -2.36. The smallest absolute Gasteiger partial charge is 0.0922 e. The van der Waals surface area contributed by atoms with Crippen LogP contribution in [0.3, 0.4) is 0 Å². The van der Waals surface area contributed by atoms with Gasteiger partial charge in [-0.15, -0.1) is 0 Å². The molecule has 0 saturated carbocycles. The molecule has 0 amide bonds. The lowest BCUT2D eigenvalue weighted by Gasteiger charge is -2.33. The summed E-state index contributed by atoms with van der Waals surface area (Å²) in [4.78, 5) is 2.42. The second-order valence-electron chi connectivity index (χ2n) is 6.24. The number of aliphatic hydroxyl groups is 1. The van der Waals surface area contributed by atoms with Gasteiger partial charge in [0.25, 0.3) is 0 Å². The number of likely N-dealkylation sites (tertiary alicyclic amines) is 1. The van der Waals surface area contributed by atoms with Crippen LogP contribution in [-0.4, -0.2) is 29.6 Å². The fourth-order valence-electron chi connectivity index (χ4n) is 3.46. The maximum Gasteiger partial charge on any atom is 0.0922 e. The molecule has 1 fully saturated rings. The maximum atomic E-state index is 10.7. The van der Waals surface area contributed by atoms with Gasteiger partial charge in [0.15, 0.2) is 0 Å². The van der Waals surface area contributed by atoms with Gasteiger partial charge in [-0.2, -0.15) is 0 Å². The normalized spacial score (nSPS) is 19.0. The quantitative estimate of drug-likeness (QED) is 0.917. The van der Waals surface area contributed by atoms with E-state index in [0.717, 1.165) is 31.1 Å². The van der Waals surface area contributed by atoms with E-state index in [1.165, 1.54) is 30.0 Å². The molecule has 2 nitrogen and oxygen atoms in total. The highest BCUT2D eigenvalue weighted by Gasteiger charge is 2.21. The summed E-state index contributed by atoms with van der Waals surface area (Å²) in [5.74, 6) is 0.885. The largest absolute Gasteiger partial charge is 0.387 e. The SMILES string of the molecule is CCC1CCN(CC(O)c2cccc3ccccc23)CC1. The van der Waals surface area contributed by atoms with Crippen LogP contribution in [0, 0.1) is 5.92 Å². The Morgan fingerprint density at radius 2 is 1.81 bits per heavy atom. The van der Waals surface area contributed by atoms with Gasteiger partial charge in [-0.1, -0.05) is 55.8 Å². The van der Waals surface area contributed by atoms with Crippen molar-refractivity contribution in [2.75, 3.05) is 19.6 Å². The van der Waals surface area contributed by atoms with Crippen LogP contribution in [0.15, 0.2) is 42.5 Å². The molecule has 1 heterocycles. The fraction of sp³-hybridized carbons (Fsp3) is 0.474. The molecule has 1 atom stereocenters. The highest BCUT2D eigenvalue weighted by Crippen LogP contribution is 2.27. The van der Waals surface area contributed by atoms with Gasteiger partial charge in [-0.05, 0) is 48.2 Å². The Morgan fingerprint density at radius 1 is 1.10 bits per heavy atom. The Kier molecular flexibility index (Phi) is 4.57. The molecule has 1 aliphatic heterocycles. The highest BCUT2D eigenvalue weighted by atomic mass is 16.3. The van der Waals surface area contributed by atoms with E-state index < -0.39 is 6.10 Å². The van der Waals surface area contributed by atoms with E-state index in [1.807, 2.05) is 18.2 Å². The fourth-order valence-corrected chi connectivity index (χ4v) is 3.46. The number of hydrogen-bond donors (Lipinski definition) is 1. The Hall–Kier alpha value is -1.38. The minimum atomic E-state index is -0.394. The van der Waals surface area contributed by atoms with Crippen molar-refractivity contribution in [2.45, 2.75) is 32.3 Å². The summed E-state index contributed by atoms with van der Waals surface area (Å²) in [5, 5.41) is 13.0. The van der Waals surface area contributed by atoms with Crippen molar-refractivity contribution in [3.8, 4) is 0 Å². The van der Waals surface area contributed by atoms with Crippen LogP contribution in [0.25, 0.3) is 10.8 Å². The second-order valence-corrected chi connectivity index (χ2v) is 6.24. The summed E-state index contributed by atoms with van der Waals surface area (Å²) in [6.07, 6.45) is 3.45. The first-order valence-electron chi connectivity index (χ1n) is 8.16. The van der Waals surface area contributed by atoms with E-state index in [1.54, 1.807) is 0 Å². The molecule has 0 aliphatic carbocycles. The molecular weight excluding hydrogens is 258 g/mol. The van der Waals surface area contributed by atoms with Gasteiger partial charge in [-0.25, -0.2) is 0 Å². The standard InChI is InChI=1S/C19H25NO/c1-2-15-10-12-20(13-11-15)14-19(21)18-9-5-7-16-6-3-4-8-17(16)18/h3-9,15,19,21H,2,10-14H2,1H3. The molecule has 2 heteroatoms. The Labute approximate surface area is 127 Å². The van der Waals surface area contributed by atoms with Crippen molar-refractivity contribution in [2.24, 2.45) is 5.92 Å². The molecule has 2 aromatic rings. The first-order chi connectivity index (χ1) is 10.3. The summed E-state index contributed by atoms with van der Waals surface area (Å²) in [6.45, 7) is 5.29. The minimum absolute atomic E-state index is 0.394. The lowest BCUT2D eigenvalue weighted by molar-refractivity contribution is 0.0896. The van der Waals surface area contributed by atoms with Crippen LogP contribution in [-0.2, 0) is 0 Å². The van der Waals surface area contributed by atoms with Gasteiger partial charge in [0.05, 0.1) is 6.10 Å². The Balaban J connectivity index is 1.71. The predicted octanol–water partition coefficient (Wildman–Crippen LogP) is 4.00. The molecule has 0 aromatic heterocycles. The summed E-state index contributed by atoms with van der Waals surface area (Å²) < 4.78 is 0. The topological polar surface area (TPSA) is 23.5 Å². The lowest BCUT2D eigenvalue weighted by atomic mass is 9.93. The molecular formula is C19H25NO. The first-order valence-corrected chi connectivity index (χ1v) is 8.16. The molecule has 0 radical (unpaired) electrons.